The van der Waals surface area contributed by atoms with Crippen molar-refractivity contribution < 1.29 is 32.2 Å². The second-order valence-electron chi connectivity index (χ2n) is 6.57. The number of nitrogens with one attached hydrogen (secondary N) is 1. The average molecular weight is 460 g/mol. The maximum absolute atomic E-state index is 14.2. The number of aromatic nitrogens is 2. The lowest BCUT2D eigenvalue weighted by Gasteiger charge is -2.32. The molecule has 0 spiro atoms. The first-order chi connectivity index (χ1) is 14.6. The summed E-state index contributed by atoms with van der Waals surface area (Å²) in [6, 6.07) is 2.00. The lowest BCUT2D eigenvalue weighted by atomic mass is 9.87. The van der Waals surface area contributed by atoms with Gasteiger partial charge in [0.15, 0.2) is 5.69 Å². The number of aromatic amines is 1. The number of ether oxygens (including phenoxy) is 2. The van der Waals surface area contributed by atoms with E-state index in [1.54, 1.807) is 0 Å². The highest BCUT2D eigenvalue weighted by Gasteiger charge is 2.44. The molecule has 1 N–H and O–H groups in total. The highest BCUT2D eigenvalue weighted by Crippen LogP contribution is 2.44. The monoisotopic (exact) mass is 459 g/mol. The van der Waals surface area contributed by atoms with Crippen molar-refractivity contribution in [1.29, 1.82) is 0 Å². The summed E-state index contributed by atoms with van der Waals surface area (Å²) in [5, 5.41) is -0.124. The lowest BCUT2D eigenvalue weighted by molar-refractivity contribution is -0.142. The summed E-state index contributed by atoms with van der Waals surface area (Å²) in [6.07, 6.45) is -2.73. The molecule has 1 aliphatic rings. The van der Waals surface area contributed by atoms with Crippen molar-refractivity contribution in [2.45, 2.75) is 12.1 Å². The van der Waals surface area contributed by atoms with Crippen LogP contribution in [0.5, 0.6) is 0 Å². The van der Waals surface area contributed by atoms with Gasteiger partial charge in [0, 0.05) is 30.5 Å². The number of carbonyl (C=O) groups excluding carboxylic acids is 2. The van der Waals surface area contributed by atoms with Gasteiger partial charge in [-0.3, -0.25) is 14.4 Å². The van der Waals surface area contributed by atoms with Crippen molar-refractivity contribution >= 4 is 29.0 Å². The number of carbonyl (C=O) groups is 2. The summed E-state index contributed by atoms with van der Waals surface area (Å²) < 4.78 is 52.4. The molecule has 2 heterocycles. The topological polar surface area (TPSA) is 102 Å². The van der Waals surface area contributed by atoms with Crippen LogP contribution in [0.4, 0.5) is 18.9 Å². The number of benzene rings is 1. The number of anilines is 1. The summed E-state index contributed by atoms with van der Waals surface area (Å²) in [5.74, 6) is -4.62. The summed E-state index contributed by atoms with van der Waals surface area (Å²) >= 11 is 6.09. The molecule has 166 valence electrons. The van der Waals surface area contributed by atoms with Gasteiger partial charge in [-0.25, -0.2) is 4.98 Å². The van der Waals surface area contributed by atoms with Crippen LogP contribution in [0.3, 0.4) is 0 Å². The number of morpholine rings is 1. The van der Waals surface area contributed by atoms with Crippen molar-refractivity contribution in [2.75, 3.05) is 38.3 Å². The average Bonchev–Trinajstić information content (AvgIpc) is 2.73. The maximum Gasteiger partial charge on any atom is 0.418 e. The van der Waals surface area contributed by atoms with E-state index < -0.39 is 46.2 Å². The van der Waals surface area contributed by atoms with Crippen molar-refractivity contribution in [2.24, 2.45) is 0 Å². The van der Waals surface area contributed by atoms with Crippen molar-refractivity contribution in [3.8, 4) is 0 Å². The molecular weight excluding hydrogens is 443 g/mol. The highest BCUT2D eigenvalue weighted by molar-refractivity contribution is 6.31. The molecule has 1 aromatic heterocycles. The Bertz CT molecular complexity index is 1050. The molecule has 0 amide bonds. The van der Waals surface area contributed by atoms with E-state index in [1.165, 1.54) is 4.90 Å². The Labute approximate surface area is 178 Å². The molecule has 0 radical (unpaired) electrons. The molecule has 0 bridgehead atoms. The molecule has 1 aliphatic heterocycles. The Hall–Kier alpha value is -2.92. The van der Waals surface area contributed by atoms with E-state index in [4.69, 9.17) is 16.3 Å². The van der Waals surface area contributed by atoms with Gasteiger partial charge in [0.1, 0.15) is 5.92 Å². The van der Waals surface area contributed by atoms with E-state index in [2.05, 4.69) is 14.7 Å². The maximum atomic E-state index is 14.2. The van der Waals surface area contributed by atoms with Gasteiger partial charge >= 0.3 is 12.1 Å². The van der Waals surface area contributed by atoms with Gasteiger partial charge in [-0.1, -0.05) is 11.6 Å². The molecule has 2 aromatic rings. The summed E-state index contributed by atoms with van der Waals surface area (Å²) in [7, 11) is 0.923. The zero-order valence-electron chi connectivity index (χ0n) is 16.2. The normalized spacial score (nSPS) is 15.5. The summed E-state index contributed by atoms with van der Waals surface area (Å²) in [5.41, 5.74) is -3.91. The van der Waals surface area contributed by atoms with E-state index in [0.717, 1.165) is 31.6 Å². The molecule has 0 saturated carbocycles. The number of methoxy groups -OCH3 is 1. The molecule has 0 aliphatic carbocycles. The predicted octanol–water partition coefficient (Wildman–Crippen LogP) is 2.42. The number of alkyl halides is 3. The van der Waals surface area contributed by atoms with Gasteiger partial charge in [-0.15, -0.1) is 0 Å². The summed E-state index contributed by atoms with van der Waals surface area (Å²) in [4.78, 5) is 44.8. The number of esters is 1. The smallest absolute Gasteiger partial charge is 0.418 e. The molecular formula is C19H17ClF3N3O5. The van der Waals surface area contributed by atoms with Crippen molar-refractivity contribution in [3.05, 3.63) is 56.7 Å². The number of H-pyrrole nitrogens is 1. The molecule has 1 atom stereocenters. The van der Waals surface area contributed by atoms with Gasteiger partial charge in [0.25, 0.3) is 5.56 Å². The third-order valence-electron chi connectivity index (χ3n) is 4.70. The van der Waals surface area contributed by atoms with Crippen LogP contribution < -0.4 is 10.5 Å². The fraction of sp³-hybridized carbons (Fsp3) is 0.368. The number of Topliss-reactive ketones (excluding diaryl/α,β-unsaturated/α-hetero) is 1. The third-order valence-corrected chi connectivity index (χ3v) is 4.92. The second-order valence-corrected chi connectivity index (χ2v) is 7.01. The van der Waals surface area contributed by atoms with Crippen LogP contribution in [0.25, 0.3) is 0 Å². The number of ketones is 1. The van der Waals surface area contributed by atoms with Crippen LogP contribution in [-0.2, 0) is 20.4 Å². The first kappa shape index (κ1) is 22.8. The molecule has 3 rings (SSSR count). The highest BCUT2D eigenvalue weighted by atomic mass is 35.5. The van der Waals surface area contributed by atoms with E-state index in [9.17, 15) is 27.6 Å². The largest absolute Gasteiger partial charge is 0.468 e. The van der Waals surface area contributed by atoms with Crippen LogP contribution in [0, 0.1) is 0 Å². The number of hydrogen-bond acceptors (Lipinski definition) is 7. The first-order valence-corrected chi connectivity index (χ1v) is 9.42. The van der Waals surface area contributed by atoms with Gasteiger partial charge in [-0.2, -0.15) is 13.2 Å². The van der Waals surface area contributed by atoms with Crippen molar-refractivity contribution in [1.82, 2.24) is 9.97 Å². The number of halogens is 4. The Balaban J connectivity index is 2.27. The predicted molar refractivity (Wildman–Crippen MR) is 103 cm³/mol. The SMILES string of the molecule is COC(=O)C(C(=O)c1ncc[nH]c1=O)c1cc(Cl)cc(N2CCOCC2)c1C(F)(F)F. The Kier molecular flexibility index (Phi) is 6.65. The minimum atomic E-state index is -4.95. The minimum Gasteiger partial charge on any atom is -0.468 e. The molecule has 8 nitrogen and oxygen atoms in total. The fourth-order valence-corrected chi connectivity index (χ4v) is 3.58. The van der Waals surface area contributed by atoms with E-state index in [1.807, 2.05) is 0 Å². The lowest BCUT2D eigenvalue weighted by Crippen LogP contribution is -2.38. The number of nitrogens with zero attached hydrogens (tertiary/aromatic N) is 2. The number of rotatable bonds is 5. The fourth-order valence-electron chi connectivity index (χ4n) is 3.36. The molecule has 31 heavy (non-hydrogen) atoms. The minimum absolute atomic E-state index is 0.124. The van der Waals surface area contributed by atoms with Crippen molar-refractivity contribution in [3.63, 3.8) is 0 Å². The van der Waals surface area contributed by atoms with Crippen LogP contribution in [0.15, 0.2) is 29.3 Å². The van der Waals surface area contributed by atoms with Gasteiger partial charge in [0.05, 0.1) is 31.6 Å². The van der Waals surface area contributed by atoms with Gasteiger partial charge < -0.3 is 19.4 Å². The third kappa shape index (κ3) is 4.72. The Morgan fingerprint density at radius 2 is 1.97 bits per heavy atom. The van der Waals surface area contributed by atoms with Crippen LogP contribution in [0.1, 0.15) is 27.5 Å². The van der Waals surface area contributed by atoms with E-state index >= 15 is 0 Å². The van der Waals surface area contributed by atoms with Gasteiger partial charge in [0.2, 0.25) is 5.78 Å². The zero-order chi connectivity index (χ0) is 22.8. The summed E-state index contributed by atoms with van der Waals surface area (Å²) in [6.45, 7) is 0.697. The molecule has 1 unspecified atom stereocenters. The molecule has 1 saturated heterocycles. The quantitative estimate of drug-likeness (QED) is 0.416. The van der Waals surface area contributed by atoms with Crippen LogP contribution in [0.2, 0.25) is 5.02 Å². The molecule has 12 heteroatoms. The van der Waals surface area contributed by atoms with Gasteiger partial charge in [-0.05, 0) is 17.7 Å². The van der Waals surface area contributed by atoms with E-state index in [-0.39, 0.29) is 37.0 Å². The second kappa shape index (κ2) is 9.06. The van der Waals surface area contributed by atoms with Crippen LogP contribution >= 0.6 is 11.6 Å². The zero-order valence-corrected chi connectivity index (χ0v) is 16.9. The van der Waals surface area contributed by atoms with Crippen LogP contribution in [-0.4, -0.2) is 55.1 Å². The standard InChI is InChI=1S/C19H17ClF3N3O5/c1-30-18(29)13(16(27)15-17(28)25-3-2-24-15)11-8-10(20)9-12(14(11)19(21,22)23)26-4-6-31-7-5-26/h2-3,8-9,13H,4-7H2,1H3,(H,25,28). The number of hydrogen-bond donors (Lipinski definition) is 1. The van der Waals surface area contributed by atoms with E-state index in [0.29, 0.717) is 0 Å². The molecule has 1 aromatic carbocycles. The Morgan fingerprint density at radius 3 is 2.55 bits per heavy atom. The Morgan fingerprint density at radius 1 is 1.29 bits per heavy atom. The molecule has 1 fully saturated rings. The first-order valence-electron chi connectivity index (χ1n) is 9.04.